The maximum absolute atomic E-state index is 12.5. The highest BCUT2D eigenvalue weighted by Gasteiger charge is 2.52. The summed E-state index contributed by atoms with van der Waals surface area (Å²) in [4.78, 5) is 34.5. The van der Waals surface area contributed by atoms with Gasteiger partial charge in [0.1, 0.15) is 24.6 Å². The van der Waals surface area contributed by atoms with E-state index in [0.29, 0.717) is 11.2 Å². The number of ether oxygens (including phenoxy) is 1. The second-order valence-corrected chi connectivity index (χ2v) is 8.16. The summed E-state index contributed by atoms with van der Waals surface area (Å²) in [6, 6.07) is 8.62. The predicted octanol–water partition coefficient (Wildman–Crippen LogP) is 0.853. The molecule has 2 aliphatic heterocycles. The third-order valence-corrected chi connectivity index (χ3v) is 5.85. The Morgan fingerprint density at radius 1 is 1.23 bits per heavy atom. The summed E-state index contributed by atoms with van der Waals surface area (Å²) in [5.41, 5.74) is 1.04. The number of nitrogens with zero attached hydrogens (tertiary/aromatic N) is 4. The van der Waals surface area contributed by atoms with E-state index < -0.39 is 32.4 Å². The summed E-state index contributed by atoms with van der Waals surface area (Å²) < 4.78 is 28.6. The first kappa shape index (κ1) is 19.2. The van der Waals surface area contributed by atoms with Crippen LogP contribution in [0.25, 0.3) is 11.2 Å². The Balaban J connectivity index is 1.44. The number of rotatable bonds is 3. The molecule has 12 nitrogen and oxygen atoms in total. The Kier molecular flexibility index (Phi) is 4.62. The molecule has 156 valence electrons. The van der Waals surface area contributed by atoms with Gasteiger partial charge in [-0.3, -0.25) is 18.4 Å². The van der Waals surface area contributed by atoms with Crippen LogP contribution in [0.4, 0.5) is 5.82 Å². The maximum atomic E-state index is 12.5. The van der Waals surface area contributed by atoms with E-state index in [9.17, 15) is 19.4 Å². The van der Waals surface area contributed by atoms with Crippen molar-refractivity contribution in [2.24, 2.45) is 0 Å². The zero-order chi connectivity index (χ0) is 20.9. The molecule has 2 fully saturated rings. The average Bonchev–Trinajstić information content (AvgIpc) is 3.30. The monoisotopic (exact) mass is 433 g/mol. The lowest BCUT2D eigenvalue weighted by molar-refractivity contribution is -0.0664. The fourth-order valence-corrected chi connectivity index (χ4v) is 4.43. The van der Waals surface area contributed by atoms with Crippen LogP contribution in [0.1, 0.15) is 16.6 Å². The van der Waals surface area contributed by atoms with E-state index in [-0.39, 0.29) is 23.8 Å². The number of aliphatic hydroxyl groups excluding tert-OH is 1. The molecule has 3 N–H and O–H groups in total. The number of phosphoric ester groups is 1. The van der Waals surface area contributed by atoms with Gasteiger partial charge in [0.25, 0.3) is 5.91 Å². The molecule has 0 saturated carbocycles. The van der Waals surface area contributed by atoms with Crippen molar-refractivity contribution in [3.8, 4) is 0 Å². The number of phosphoric acid groups is 1. The van der Waals surface area contributed by atoms with Crippen molar-refractivity contribution in [3.63, 3.8) is 0 Å². The van der Waals surface area contributed by atoms with E-state index in [0.717, 1.165) is 0 Å². The lowest BCUT2D eigenvalue weighted by atomic mass is 10.1. The number of benzene rings is 1. The minimum absolute atomic E-state index is 0.192. The first-order valence-corrected chi connectivity index (χ1v) is 10.5. The minimum Gasteiger partial charge on any atom is -0.386 e. The van der Waals surface area contributed by atoms with E-state index in [4.69, 9.17) is 13.8 Å². The van der Waals surface area contributed by atoms with Crippen LogP contribution in [0, 0.1) is 0 Å². The summed E-state index contributed by atoms with van der Waals surface area (Å²) in [5, 5.41) is 13.3. The molecule has 1 aromatic carbocycles. The predicted molar refractivity (Wildman–Crippen MR) is 100 cm³/mol. The summed E-state index contributed by atoms with van der Waals surface area (Å²) in [6.07, 6.45) is -1.42. The molecule has 1 amide bonds. The van der Waals surface area contributed by atoms with E-state index in [2.05, 4.69) is 20.3 Å². The van der Waals surface area contributed by atoms with Gasteiger partial charge < -0.3 is 20.1 Å². The molecule has 0 bridgehead atoms. The second kappa shape index (κ2) is 7.20. The smallest absolute Gasteiger partial charge is 0.386 e. The fraction of sp³-hybridized carbons (Fsp3) is 0.294. The Bertz CT molecular complexity index is 1160. The number of carbonyl (C=O) groups excluding carboxylic acids is 1. The highest BCUT2D eigenvalue weighted by Crippen LogP contribution is 2.52. The van der Waals surface area contributed by atoms with Gasteiger partial charge in [0.2, 0.25) is 0 Å². The van der Waals surface area contributed by atoms with Gasteiger partial charge in [-0.25, -0.2) is 19.5 Å². The molecule has 0 aliphatic carbocycles. The standard InChI is InChI=1S/C17H16N5O7P/c23-12-13-10(6-27-30(25,26)29-13)28-17(12)22-8-20-11-14(18-7-19-15(11)22)21-16(24)9-4-2-1-3-5-9/h1-5,7-8,10,12-13,17,23H,6H2,(H,25,26)(H,18,19,21,24)/t10-,12-,13-,17?/m1/s1. The van der Waals surface area contributed by atoms with Gasteiger partial charge in [-0.1, -0.05) is 18.2 Å². The number of aromatic nitrogens is 4. The summed E-state index contributed by atoms with van der Waals surface area (Å²) in [6.45, 7) is -0.202. The van der Waals surface area contributed by atoms with Gasteiger partial charge in [-0.05, 0) is 12.1 Å². The van der Waals surface area contributed by atoms with Crippen molar-refractivity contribution in [1.82, 2.24) is 19.5 Å². The number of amides is 1. The van der Waals surface area contributed by atoms with Crippen LogP contribution in [0.3, 0.4) is 0 Å². The van der Waals surface area contributed by atoms with Gasteiger partial charge >= 0.3 is 7.82 Å². The molecule has 3 aromatic rings. The largest absolute Gasteiger partial charge is 0.472 e. The topological polar surface area (TPSA) is 158 Å². The van der Waals surface area contributed by atoms with E-state index in [1.54, 1.807) is 30.3 Å². The second-order valence-electron chi connectivity index (χ2n) is 6.76. The Hall–Kier alpha value is -2.73. The molecule has 5 atom stereocenters. The number of imidazole rings is 1. The number of fused-ring (bicyclic) bond motifs is 2. The van der Waals surface area contributed by atoms with Crippen molar-refractivity contribution in [2.45, 2.75) is 24.5 Å². The molecule has 30 heavy (non-hydrogen) atoms. The molecular weight excluding hydrogens is 417 g/mol. The lowest BCUT2D eigenvalue weighted by Gasteiger charge is -2.27. The molecule has 2 aliphatic rings. The number of nitrogens with one attached hydrogen (secondary N) is 1. The number of hydrogen-bond donors (Lipinski definition) is 3. The summed E-state index contributed by atoms with van der Waals surface area (Å²) in [7, 11) is -4.24. The van der Waals surface area contributed by atoms with Crippen LogP contribution in [0.5, 0.6) is 0 Å². The van der Waals surface area contributed by atoms with Crippen LogP contribution in [0.15, 0.2) is 43.0 Å². The minimum atomic E-state index is -4.24. The van der Waals surface area contributed by atoms with Crippen molar-refractivity contribution >= 4 is 30.7 Å². The van der Waals surface area contributed by atoms with Crippen LogP contribution >= 0.6 is 7.82 Å². The molecule has 2 unspecified atom stereocenters. The Morgan fingerprint density at radius 3 is 2.83 bits per heavy atom. The number of hydrogen-bond acceptors (Lipinski definition) is 9. The van der Waals surface area contributed by atoms with Crippen LogP contribution < -0.4 is 5.32 Å². The quantitative estimate of drug-likeness (QED) is 0.506. The number of anilines is 1. The van der Waals surface area contributed by atoms with Crippen LogP contribution in [0.2, 0.25) is 0 Å². The van der Waals surface area contributed by atoms with Crippen LogP contribution in [-0.2, 0) is 18.3 Å². The summed E-state index contributed by atoms with van der Waals surface area (Å²) >= 11 is 0. The van der Waals surface area contributed by atoms with Crippen LogP contribution in [-0.4, -0.2) is 60.3 Å². The molecule has 5 rings (SSSR count). The summed E-state index contributed by atoms with van der Waals surface area (Å²) in [5.74, 6) is -0.172. The zero-order valence-corrected chi connectivity index (χ0v) is 16.1. The van der Waals surface area contributed by atoms with E-state index in [1.165, 1.54) is 17.2 Å². The van der Waals surface area contributed by atoms with Gasteiger partial charge in [-0.2, -0.15) is 0 Å². The van der Waals surface area contributed by atoms with Crippen molar-refractivity contribution in [3.05, 3.63) is 48.5 Å². The van der Waals surface area contributed by atoms with Crippen molar-refractivity contribution in [2.75, 3.05) is 11.9 Å². The molecule has 2 aromatic heterocycles. The van der Waals surface area contributed by atoms with E-state index >= 15 is 0 Å². The molecule has 0 radical (unpaired) electrons. The van der Waals surface area contributed by atoms with Crippen molar-refractivity contribution in [1.29, 1.82) is 0 Å². The SMILES string of the molecule is O=C(Nc1ncnc2c1ncn2C1O[C@@H]2COP(=O)(O)O[C@H]2[C@H]1O)c1ccccc1. The maximum Gasteiger partial charge on any atom is 0.472 e. The fourth-order valence-electron chi connectivity index (χ4n) is 3.46. The zero-order valence-electron chi connectivity index (χ0n) is 15.2. The van der Waals surface area contributed by atoms with Crippen molar-refractivity contribution < 1.29 is 33.1 Å². The normalized spacial score (nSPS) is 30.9. The van der Waals surface area contributed by atoms with Gasteiger partial charge in [0.15, 0.2) is 23.2 Å². The average molecular weight is 433 g/mol. The van der Waals surface area contributed by atoms with E-state index in [1.807, 2.05) is 0 Å². The van der Waals surface area contributed by atoms with Gasteiger partial charge in [0, 0.05) is 5.56 Å². The third-order valence-electron chi connectivity index (χ3n) is 4.87. The van der Waals surface area contributed by atoms with Gasteiger partial charge in [-0.15, -0.1) is 0 Å². The third kappa shape index (κ3) is 3.29. The highest BCUT2D eigenvalue weighted by molar-refractivity contribution is 7.47. The molecule has 13 heteroatoms. The number of carbonyl (C=O) groups is 1. The Morgan fingerprint density at radius 2 is 2.03 bits per heavy atom. The molecule has 4 heterocycles. The molecular formula is C17H16N5O7P. The van der Waals surface area contributed by atoms with Gasteiger partial charge in [0.05, 0.1) is 12.9 Å². The highest BCUT2D eigenvalue weighted by atomic mass is 31.2. The molecule has 2 saturated heterocycles. The first-order valence-electron chi connectivity index (χ1n) is 8.96. The molecule has 0 spiro atoms. The lowest BCUT2D eigenvalue weighted by Crippen LogP contribution is -2.39. The Labute approximate surface area is 169 Å². The number of aliphatic hydroxyl groups is 1. The first-order chi connectivity index (χ1) is 14.4.